The van der Waals surface area contributed by atoms with Gasteiger partial charge in [-0.05, 0) is 36.4 Å². The molecule has 7 heteroatoms. The number of nitrogens with two attached hydrogens (primary N) is 1. The Bertz CT molecular complexity index is 875. The van der Waals surface area contributed by atoms with E-state index in [0.29, 0.717) is 29.1 Å². The number of anilines is 2. The number of hydrogen-bond donors (Lipinski definition) is 3. The summed E-state index contributed by atoms with van der Waals surface area (Å²) in [6.45, 7) is 1.94. The highest BCUT2D eigenvalue weighted by Gasteiger charge is 2.22. The fourth-order valence-electron chi connectivity index (χ4n) is 2.78. The van der Waals surface area contributed by atoms with Crippen molar-refractivity contribution in [3.05, 3.63) is 53.6 Å². The molecular weight excluding hydrogens is 332 g/mol. The Morgan fingerprint density at radius 2 is 2.00 bits per heavy atom. The minimum atomic E-state index is -0.261. The molecule has 4 N–H and O–H groups in total. The number of nitrogens with zero attached hydrogens (tertiary/aromatic N) is 1. The average molecular weight is 352 g/mol. The highest BCUT2D eigenvalue weighted by molar-refractivity contribution is 6.08. The standard InChI is InChI=1S/C19H20N4O3/c1-11-9-17(24)22-23-18(11)13-5-8-16(15(20)10-13)21-19(25)12-3-6-14(26-2)7-4-12/h3-8,10-11H,9,20H2,1-2H3,(H,21,25)(H,22,24)/t11-/m1/s1. The minimum Gasteiger partial charge on any atom is -0.497 e. The molecule has 0 saturated carbocycles. The lowest BCUT2D eigenvalue weighted by atomic mass is 9.93. The molecule has 0 unspecified atom stereocenters. The molecule has 0 bridgehead atoms. The summed E-state index contributed by atoms with van der Waals surface area (Å²) in [5, 5.41) is 6.92. The summed E-state index contributed by atoms with van der Waals surface area (Å²) in [7, 11) is 1.57. The number of hydrazone groups is 1. The molecule has 26 heavy (non-hydrogen) atoms. The van der Waals surface area contributed by atoms with Gasteiger partial charge in [0.1, 0.15) is 5.75 Å². The lowest BCUT2D eigenvalue weighted by Crippen LogP contribution is -2.32. The van der Waals surface area contributed by atoms with E-state index in [9.17, 15) is 9.59 Å². The van der Waals surface area contributed by atoms with Crippen molar-refractivity contribution in [2.75, 3.05) is 18.2 Å². The molecular formula is C19H20N4O3. The van der Waals surface area contributed by atoms with Crippen molar-refractivity contribution in [2.45, 2.75) is 13.3 Å². The van der Waals surface area contributed by atoms with E-state index in [1.165, 1.54) is 0 Å². The van der Waals surface area contributed by atoms with Crippen LogP contribution in [0.3, 0.4) is 0 Å². The van der Waals surface area contributed by atoms with Crippen LogP contribution in [0.4, 0.5) is 11.4 Å². The van der Waals surface area contributed by atoms with Gasteiger partial charge in [0.05, 0.1) is 24.2 Å². The number of methoxy groups -OCH3 is 1. The second kappa shape index (κ2) is 7.26. The lowest BCUT2D eigenvalue weighted by Gasteiger charge is -2.20. The average Bonchev–Trinajstić information content (AvgIpc) is 2.63. The fourth-order valence-corrected chi connectivity index (χ4v) is 2.78. The summed E-state index contributed by atoms with van der Waals surface area (Å²) in [5.41, 5.74) is 11.6. The van der Waals surface area contributed by atoms with E-state index >= 15 is 0 Å². The van der Waals surface area contributed by atoms with Gasteiger partial charge in [-0.1, -0.05) is 13.0 Å². The van der Waals surface area contributed by atoms with Crippen LogP contribution in [0.25, 0.3) is 0 Å². The van der Waals surface area contributed by atoms with Crippen LogP contribution in [0.15, 0.2) is 47.6 Å². The maximum absolute atomic E-state index is 12.4. The van der Waals surface area contributed by atoms with Gasteiger partial charge in [0.25, 0.3) is 5.91 Å². The zero-order chi connectivity index (χ0) is 18.7. The molecule has 0 spiro atoms. The van der Waals surface area contributed by atoms with Crippen molar-refractivity contribution in [1.82, 2.24) is 5.43 Å². The number of amides is 2. The van der Waals surface area contributed by atoms with Crippen LogP contribution >= 0.6 is 0 Å². The maximum atomic E-state index is 12.4. The van der Waals surface area contributed by atoms with Gasteiger partial charge in [-0.2, -0.15) is 5.10 Å². The first kappa shape index (κ1) is 17.5. The van der Waals surface area contributed by atoms with E-state index < -0.39 is 0 Å². The van der Waals surface area contributed by atoms with Crippen LogP contribution < -0.4 is 21.2 Å². The zero-order valence-corrected chi connectivity index (χ0v) is 14.6. The third kappa shape index (κ3) is 3.66. The van der Waals surface area contributed by atoms with Crippen molar-refractivity contribution < 1.29 is 14.3 Å². The Kier molecular flexibility index (Phi) is 4.88. The molecule has 0 aromatic heterocycles. The highest BCUT2D eigenvalue weighted by Crippen LogP contribution is 2.24. The van der Waals surface area contributed by atoms with E-state index in [4.69, 9.17) is 10.5 Å². The Hall–Kier alpha value is -3.35. The lowest BCUT2D eigenvalue weighted by molar-refractivity contribution is -0.121. The maximum Gasteiger partial charge on any atom is 0.255 e. The molecule has 2 aromatic rings. The molecule has 1 atom stereocenters. The number of hydrogen-bond acceptors (Lipinski definition) is 5. The SMILES string of the molecule is COc1ccc(C(=O)Nc2ccc(C3=NNC(=O)C[C@H]3C)cc2N)cc1. The molecule has 1 heterocycles. The van der Waals surface area contributed by atoms with Crippen molar-refractivity contribution >= 4 is 28.9 Å². The monoisotopic (exact) mass is 352 g/mol. The Balaban J connectivity index is 1.77. The van der Waals surface area contributed by atoms with E-state index in [0.717, 1.165) is 11.3 Å². The second-order valence-electron chi connectivity index (χ2n) is 6.12. The molecule has 1 aliphatic heterocycles. The van der Waals surface area contributed by atoms with Crippen molar-refractivity contribution in [3.8, 4) is 5.75 Å². The molecule has 0 radical (unpaired) electrons. The van der Waals surface area contributed by atoms with Gasteiger partial charge < -0.3 is 15.8 Å². The van der Waals surface area contributed by atoms with E-state index in [1.54, 1.807) is 43.5 Å². The second-order valence-corrected chi connectivity index (χ2v) is 6.12. The Morgan fingerprint density at radius 3 is 2.62 bits per heavy atom. The van der Waals surface area contributed by atoms with Gasteiger partial charge in [-0.25, -0.2) is 5.43 Å². The molecule has 1 aliphatic rings. The predicted octanol–water partition coefficient (Wildman–Crippen LogP) is 2.39. The predicted molar refractivity (Wildman–Crippen MR) is 100 cm³/mol. The quantitative estimate of drug-likeness (QED) is 0.735. The number of carbonyl (C=O) groups is 2. The largest absolute Gasteiger partial charge is 0.497 e. The van der Waals surface area contributed by atoms with Gasteiger partial charge in [-0.3, -0.25) is 9.59 Å². The molecule has 2 amide bonds. The van der Waals surface area contributed by atoms with Crippen LogP contribution in [-0.4, -0.2) is 24.6 Å². The number of rotatable bonds is 4. The summed E-state index contributed by atoms with van der Waals surface area (Å²) < 4.78 is 5.08. The summed E-state index contributed by atoms with van der Waals surface area (Å²) in [6, 6.07) is 12.1. The van der Waals surface area contributed by atoms with Gasteiger partial charge >= 0.3 is 0 Å². The number of nitrogen functional groups attached to an aromatic ring is 1. The third-order valence-corrected chi connectivity index (χ3v) is 4.21. The molecule has 3 rings (SSSR count). The molecule has 2 aromatic carbocycles. The third-order valence-electron chi connectivity index (χ3n) is 4.21. The van der Waals surface area contributed by atoms with Crippen LogP contribution in [-0.2, 0) is 4.79 Å². The van der Waals surface area contributed by atoms with Gasteiger partial charge in [0.15, 0.2) is 0 Å². The number of benzene rings is 2. The van der Waals surface area contributed by atoms with Gasteiger partial charge in [-0.15, -0.1) is 0 Å². The number of nitrogens with one attached hydrogen (secondary N) is 2. The topological polar surface area (TPSA) is 106 Å². The zero-order valence-electron chi connectivity index (χ0n) is 14.6. The van der Waals surface area contributed by atoms with Crippen LogP contribution in [0, 0.1) is 5.92 Å². The highest BCUT2D eigenvalue weighted by atomic mass is 16.5. The molecule has 7 nitrogen and oxygen atoms in total. The first-order valence-corrected chi connectivity index (χ1v) is 8.19. The normalized spacial score (nSPS) is 16.5. The summed E-state index contributed by atoms with van der Waals surface area (Å²) in [5.74, 6) is 0.322. The summed E-state index contributed by atoms with van der Waals surface area (Å²) >= 11 is 0. The van der Waals surface area contributed by atoms with Crippen LogP contribution in [0.5, 0.6) is 5.75 Å². The first-order valence-electron chi connectivity index (χ1n) is 8.19. The summed E-state index contributed by atoms with van der Waals surface area (Å²) in [4.78, 5) is 23.7. The number of carbonyl (C=O) groups excluding carboxylic acids is 2. The molecule has 134 valence electrons. The fraction of sp³-hybridized carbons (Fsp3) is 0.211. The van der Waals surface area contributed by atoms with E-state index in [1.807, 2.05) is 13.0 Å². The molecule has 0 fully saturated rings. The first-order chi connectivity index (χ1) is 12.5. The molecule has 0 aliphatic carbocycles. The van der Waals surface area contributed by atoms with Crippen LogP contribution in [0.2, 0.25) is 0 Å². The minimum absolute atomic E-state index is 0.00268. The van der Waals surface area contributed by atoms with Crippen molar-refractivity contribution in [1.29, 1.82) is 0 Å². The van der Waals surface area contributed by atoms with Crippen molar-refractivity contribution in [3.63, 3.8) is 0 Å². The summed E-state index contributed by atoms with van der Waals surface area (Å²) in [6.07, 6.45) is 0.384. The number of ether oxygens (including phenoxy) is 1. The van der Waals surface area contributed by atoms with Crippen molar-refractivity contribution in [2.24, 2.45) is 11.0 Å². The van der Waals surface area contributed by atoms with E-state index in [-0.39, 0.29) is 17.7 Å². The van der Waals surface area contributed by atoms with Crippen LogP contribution in [0.1, 0.15) is 29.3 Å². The Labute approximate surface area is 151 Å². The van der Waals surface area contributed by atoms with Gasteiger partial charge in [0, 0.05) is 23.5 Å². The smallest absolute Gasteiger partial charge is 0.255 e. The van der Waals surface area contributed by atoms with E-state index in [2.05, 4.69) is 15.8 Å². The van der Waals surface area contributed by atoms with Gasteiger partial charge in [0.2, 0.25) is 5.91 Å². The Morgan fingerprint density at radius 1 is 1.27 bits per heavy atom. The molecule has 0 saturated heterocycles.